The minimum absolute atomic E-state index is 0.0682. The van der Waals surface area contributed by atoms with Gasteiger partial charge in [0.15, 0.2) is 12.2 Å². The zero-order valence-corrected chi connectivity index (χ0v) is 54.4. The minimum atomic E-state index is -5.02. The molecule has 6 aromatic rings. The van der Waals surface area contributed by atoms with Crippen molar-refractivity contribution in [2.45, 2.75) is 153 Å². The predicted octanol–water partition coefficient (Wildman–Crippen LogP) is 18.5. The lowest BCUT2D eigenvalue weighted by Gasteiger charge is -2.25. The third-order valence-electron chi connectivity index (χ3n) is 14.8. The first-order valence-electron chi connectivity index (χ1n) is 30.1. The molecular weight excluding hydrogens is 1250 g/mol. The number of benzene rings is 6. The summed E-state index contributed by atoms with van der Waals surface area (Å²) in [4.78, 5) is 51.1. The monoisotopic (exact) mass is 1330 g/mol. The second-order valence-corrected chi connectivity index (χ2v) is 25.2. The number of carboxylic acids is 1. The van der Waals surface area contributed by atoms with Crippen molar-refractivity contribution in [1.29, 1.82) is 0 Å². The number of carboxylic acid groups (broad SMARTS) is 1. The van der Waals surface area contributed by atoms with E-state index in [9.17, 15) is 45.5 Å². The van der Waals surface area contributed by atoms with Crippen molar-refractivity contribution in [2.75, 3.05) is 40.3 Å². The summed E-state index contributed by atoms with van der Waals surface area (Å²) in [6, 6.07) is 45.0. The van der Waals surface area contributed by atoms with Gasteiger partial charge in [0.1, 0.15) is 17.1 Å². The van der Waals surface area contributed by atoms with Crippen molar-refractivity contribution in [3.8, 4) is 11.5 Å². The molecule has 20 heteroatoms. The van der Waals surface area contributed by atoms with Crippen molar-refractivity contribution in [1.82, 2.24) is 9.80 Å². The largest absolute Gasteiger partial charge is 0.482 e. The minimum Gasteiger partial charge on any atom is -0.482 e. The fraction of sp³-hybridized carbons (Fsp3) is 0.429. The summed E-state index contributed by atoms with van der Waals surface area (Å²) >= 11 is 24.5. The van der Waals surface area contributed by atoms with Gasteiger partial charge in [-0.15, -0.1) is 0 Å². The molecule has 6 rings (SSSR count). The van der Waals surface area contributed by atoms with E-state index in [0.29, 0.717) is 52.2 Å². The maximum atomic E-state index is 13.3. The second-order valence-electron chi connectivity index (χ2n) is 23.4. The number of ether oxygens (including phenoxy) is 3. The third kappa shape index (κ3) is 27.8. The summed E-state index contributed by atoms with van der Waals surface area (Å²) in [5, 5.41) is 11.4. The van der Waals surface area contributed by atoms with E-state index in [4.69, 9.17) is 65.7 Å². The van der Waals surface area contributed by atoms with Gasteiger partial charge in [0, 0.05) is 57.9 Å². The molecule has 0 spiro atoms. The molecule has 0 heterocycles. The predicted molar refractivity (Wildman–Crippen MR) is 345 cm³/mol. The van der Waals surface area contributed by atoms with Gasteiger partial charge in [0.25, 0.3) is 11.6 Å². The summed E-state index contributed by atoms with van der Waals surface area (Å²) in [6.07, 6.45) is -8.04. The lowest BCUT2D eigenvalue weighted by atomic mass is 9.91. The molecule has 0 aliphatic rings. The van der Waals surface area contributed by atoms with E-state index in [2.05, 4.69) is 23.9 Å². The van der Waals surface area contributed by atoms with E-state index in [1.165, 1.54) is 0 Å². The Labute approximate surface area is 545 Å². The molecule has 10 nitrogen and oxygen atoms in total. The Hall–Kier alpha value is -6.14. The number of aliphatic carboxylic acids is 1. The van der Waals surface area contributed by atoms with Gasteiger partial charge in [-0.05, 0) is 218 Å². The van der Waals surface area contributed by atoms with Crippen molar-refractivity contribution in [3.63, 3.8) is 0 Å². The molecule has 0 bridgehead atoms. The van der Waals surface area contributed by atoms with Crippen molar-refractivity contribution in [2.24, 2.45) is 0 Å². The number of aryl methyl sites for hydroxylation is 2. The average molecular weight is 1330 g/mol. The van der Waals surface area contributed by atoms with E-state index in [1.807, 2.05) is 109 Å². The van der Waals surface area contributed by atoms with Gasteiger partial charge in [-0.25, -0.2) is 0 Å². The standard InChI is InChI=1S/C37H44Cl2F3NO4.C33H36Cl2F3NO4/c1-36(2,3)47-34(44)11-7-5-6-10-33(35(45)37(40,41)42)46-31-22-12-26(13-23-31)9-8-24-43(4)25-32(27-14-18-29(38)19-15-27)28-16-20-30(39)21-17-28;1-39(22-29(24-11-15-26(34)16-12-24)25-13-17-27(35)18-14-25)21-5-6-23-9-19-28(20-10-23)43-30(32(42)33(36,37)38)7-3-2-4-8-31(40)41/h12-23,32-33H,5-11,24-25H2,1-4H3;9-20,29-30H,2-8,21-22H2,1H3,(H,40,41). The zero-order valence-electron chi connectivity index (χ0n) is 51.4. The van der Waals surface area contributed by atoms with Crippen LogP contribution in [-0.2, 0) is 36.8 Å². The highest BCUT2D eigenvalue weighted by Crippen LogP contribution is 2.32. The molecule has 0 saturated heterocycles. The summed E-state index contributed by atoms with van der Waals surface area (Å²) in [5.41, 5.74) is 6.03. The molecule has 0 aliphatic heterocycles. The van der Waals surface area contributed by atoms with E-state index in [-0.39, 0.29) is 61.4 Å². The number of hydrogen-bond acceptors (Lipinski definition) is 9. The van der Waals surface area contributed by atoms with Crippen LogP contribution in [0.5, 0.6) is 11.5 Å². The number of likely N-dealkylation sites (N-methyl/N-ethyl adjacent to an activating group) is 2. The highest BCUT2D eigenvalue weighted by molar-refractivity contribution is 6.31. The number of alkyl halides is 6. The Morgan fingerprint density at radius 3 is 1.04 bits per heavy atom. The summed E-state index contributed by atoms with van der Waals surface area (Å²) < 4.78 is 95.6. The fourth-order valence-corrected chi connectivity index (χ4v) is 10.6. The number of nitrogens with zero attached hydrogens (tertiary/aromatic N) is 2. The summed E-state index contributed by atoms with van der Waals surface area (Å²) in [5.74, 6) is -4.53. The van der Waals surface area contributed by atoms with E-state index >= 15 is 0 Å². The van der Waals surface area contributed by atoms with Gasteiger partial charge in [-0.2, -0.15) is 26.3 Å². The fourth-order valence-electron chi connectivity index (χ4n) is 10.1. The number of rotatable bonds is 34. The number of carbonyl (C=O) groups is 4. The Bertz CT molecular complexity index is 3040. The van der Waals surface area contributed by atoms with Gasteiger partial charge in [-0.3, -0.25) is 19.2 Å². The third-order valence-corrected chi connectivity index (χ3v) is 15.8. The maximum absolute atomic E-state index is 13.3. The van der Waals surface area contributed by atoms with Gasteiger partial charge >= 0.3 is 24.3 Å². The molecule has 6 aromatic carbocycles. The summed E-state index contributed by atoms with van der Waals surface area (Å²) in [6.45, 7) is 8.51. The molecule has 0 amide bonds. The smallest absolute Gasteiger partial charge is 0.453 e. The van der Waals surface area contributed by atoms with Crippen LogP contribution >= 0.6 is 46.4 Å². The molecule has 0 fully saturated rings. The summed E-state index contributed by atoms with van der Waals surface area (Å²) in [7, 11) is 4.14. The molecule has 0 aliphatic carbocycles. The highest BCUT2D eigenvalue weighted by Gasteiger charge is 2.45. The van der Waals surface area contributed by atoms with Crippen LogP contribution < -0.4 is 9.47 Å². The van der Waals surface area contributed by atoms with Crippen LogP contribution in [0.15, 0.2) is 146 Å². The van der Waals surface area contributed by atoms with Crippen LogP contribution in [0.3, 0.4) is 0 Å². The van der Waals surface area contributed by atoms with Crippen LogP contribution in [0.25, 0.3) is 0 Å². The molecule has 1 N–H and O–H groups in total. The molecule has 2 unspecified atom stereocenters. The first-order chi connectivity index (χ1) is 42.5. The van der Waals surface area contributed by atoms with Crippen LogP contribution in [-0.4, -0.2) is 109 Å². The lowest BCUT2D eigenvalue weighted by Crippen LogP contribution is -2.38. The van der Waals surface area contributed by atoms with Gasteiger partial charge < -0.3 is 29.1 Å². The second kappa shape index (κ2) is 36.8. The first kappa shape index (κ1) is 74.6. The van der Waals surface area contributed by atoms with Crippen LogP contribution in [0.4, 0.5) is 26.3 Å². The average Bonchev–Trinajstić information content (AvgIpc) is 1.06. The molecule has 0 aromatic heterocycles. The molecule has 90 heavy (non-hydrogen) atoms. The number of Topliss-reactive ketones (excluding diaryl/α,β-unsaturated/α-hetero) is 2. The van der Waals surface area contributed by atoms with Crippen molar-refractivity contribution in [3.05, 3.63) is 199 Å². The van der Waals surface area contributed by atoms with Crippen molar-refractivity contribution < 1.29 is 64.8 Å². The van der Waals surface area contributed by atoms with Crippen LogP contribution in [0.1, 0.15) is 143 Å². The van der Waals surface area contributed by atoms with Gasteiger partial charge in [0.05, 0.1) is 0 Å². The van der Waals surface area contributed by atoms with Crippen LogP contribution in [0, 0.1) is 0 Å². The molecule has 0 saturated carbocycles. The topological polar surface area (TPSA) is 123 Å². The normalized spacial score (nSPS) is 12.6. The SMILES string of the molecule is CN(CCCc1ccc(OC(CCCCCC(=O)O)C(=O)C(F)(F)F)cc1)CC(c1ccc(Cl)cc1)c1ccc(Cl)cc1.CN(CCCc1ccc(OC(CCCCCC(=O)OC(C)(C)C)C(=O)C(F)(F)F)cc1)CC(c1ccc(Cl)cc1)c1ccc(Cl)cc1. The Balaban J connectivity index is 0.000000329. The van der Waals surface area contributed by atoms with E-state index in [0.717, 1.165) is 85.2 Å². The number of unbranched alkanes of at least 4 members (excludes halogenated alkanes) is 4. The van der Waals surface area contributed by atoms with Gasteiger partial charge in [-0.1, -0.05) is 132 Å². The number of halogens is 10. The Kier molecular flexibility index (Phi) is 30.5. The van der Waals surface area contributed by atoms with E-state index in [1.54, 1.807) is 57.2 Å². The maximum Gasteiger partial charge on any atom is 0.453 e. The van der Waals surface area contributed by atoms with E-state index < -0.39 is 47.7 Å². The molecular formula is C70H80Cl4F6N2O8. The molecule has 0 radical (unpaired) electrons. The number of ketones is 2. The van der Waals surface area contributed by atoms with Crippen molar-refractivity contribution >= 4 is 69.9 Å². The lowest BCUT2D eigenvalue weighted by molar-refractivity contribution is -0.178. The molecule has 2 atom stereocenters. The number of hydrogen-bond donors (Lipinski definition) is 1. The van der Waals surface area contributed by atoms with Crippen LogP contribution in [0.2, 0.25) is 20.1 Å². The zero-order chi connectivity index (χ0) is 66.0. The number of carbonyl (C=O) groups excluding carboxylic acids is 3. The molecule has 488 valence electrons. The van der Waals surface area contributed by atoms with Gasteiger partial charge in [0.2, 0.25) is 0 Å². The Morgan fingerprint density at radius 1 is 0.444 bits per heavy atom. The quantitative estimate of drug-likeness (QED) is 0.0237. The first-order valence-corrected chi connectivity index (χ1v) is 31.6. The Morgan fingerprint density at radius 2 is 0.756 bits per heavy atom. The number of esters is 1. The highest BCUT2D eigenvalue weighted by atomic mass is 35.5.